The number of halogens is 3. The molecule has 118 valence electrons. The molecule has 2 rings (SSSR count). The van der Waals surface area contributed by atoms with Gasteiger partial charge < -0.3 is 15.2 Å². The Morgan fingerprint density at radius 2 is 2.09 bits per heavy atom. The molecule has 0 aliphatic heterocycles. The molecular weight excluding hydrogens is 373 g/mol. The Hall–Kier alpha value is -1.14. The van der Waals surface area contributed by atoms with Gasteiger partial charge in [0.05, 0.1) is 11.6 Å². The maximum atomic E-state index is 13.8. The number of benzene rings is 2. The zero-order valence-electron chi connectivity index (χ0n) is 11.8. The van der Waals surface area contributed by atoms with Crippen molar-refractivity contribution in [1.82, 2.24) is 5.32 Å². The summed E-state index contributed by atoms with van der Waals surface area (Å²) in [5, 5.41) is 12.3. The number of rotatable bonds is 7. The number of nitrogens with one attached hydrogen (secondary N) is 1. The van der Waals surface area contributed by atoms with Crippen molar-refractivity contribution < 1.29 is 14.2 Å². The molecule has 0 fully saturated rings. The van der Waals surface area contributed by atoms with E-state index in [4.69, 9.17) is 21.4 Å². The topological polar surface area (TPSA) is 41.5 Å². The summed E-state index contributed by atoms with van der Waals surface area (Å²) in [7, 11) is 0. The first-order valence-electron chi connectivity index (χ1n) is 6.77. The zero-order chi connectivity index (χ0) is 15.9. The Kier molecular flexibility index (Phi) is 6.64. The average Bonchev–Trinajstić information content (AvgIpc) is 2.49. The molecule has 0 atom stereocenters. The number of ether oxygens (including phenoxy) is 1. The second-order valence-corrected chi connectivity index (χ2v) is 5.96. The molecule has 0 amide bonds. The fourth-order valence-electron chi connectivity index (χ4n) is 1.95. The third-order valence-corrected chi connectivity index (χ3v) is 3.91. The van der Waals surface area contributed by atoms with E-state index < -0.39 is 0 Å². The molecule has 0 unspecified atom stereocenters. The first-order valence-corrected chi connectivity index (χ1v) is 7.94. The Bertz CT molecular complexity index is 619. The van der Waals surface area contributed by atoms with Gasteiger partial charge in [0.2, 0.25) is 0 Å². The van der Waals surface area contributed by atoms with Crippen LogP contribution in [0.5, 0.6) is 5.75 Å². The van der Waals surface area contributed by atoms with Crippen LogP contribution in [-0.4, -0.2) is 18.3 Å². The molecule has 22 heavy (non-hydrogen) atoms. The minimum atomic E-state index is -0.385. The fourth-order valence-corrected chi connectivity index (χ4v) is 2.58. The van der Waals surface area contributed by atoms with Gasteiger partial charge in [0.25, 0.3) is 0 Å². The van der Waals surface area contributed by atoms with Crippen molar-refractivity contribution in [3.05, 3.63) is 62.8 Å². The van der Waals surface area contributed by atoms with Crippen LogP contribution in [0.4, 0.5) is 4.39 Å². The van der Waals surface area contributed by atoms with Crippen LogP contribution in [0.1, 0.15) is 11.1 Å². The predicted molar refractivity (Wildman–Crippen MR) is 88.7 cm³/mol. The lowest BCUT2D eigenvalue weighted by atomic mass is 10.2. The summed E-state index contributed by atoms with van der Waals surface area (Å²) < 4.78 is 20.4. The largest absolute Gasteiger partial charge is 0.488 e. The minimum Gasteiger partial charge on any atom is -0.488 e. The van der Waals surface area contributed by atoms with Crippen LogP contribution in [-0.2, 0) is 13.2 Å². The van der Waals surface area contributed by atoms with E-state index in [2.05, 4.69) is 21.2 Å². The minimum absolute atomic E-state index is 0.0557. The molecule has 6 heteroatoms. The summed E-state index contributed by atoms with van der Waals surface area (Å²) in [4.78, 5) is 0. The van der Waals surface area contributed by atoms with Crippen LogP contribution in [0, 0.1) is 5.82 Å². The van der Waals surface area contributed by atoms with Gasteiger partial charge in [-0.25, -0.2) is 4.39 Å². The number of hydrogen-bond donors (Lipinski definition) is 2. The van der Waals surface area contributed by atoms with Gasteiger partial charge in [-0.1, -0.05) is 33.6 Å². The molecule has 2 N–H and O–H groups in total. The van der Waals surface area contributed by atoms with Crippen LogP contribution >= 0.6 is 27.5 Å². The summed E-state index contributed by atoms with van der Waals surface area (Å²) in [5.41, 5.74) is 1.25. The molecule has 0 radical (unpaired) electrons. The summed E-state index contributed by atoms with van der Waals surface area (Å²) in [6.45, 7) is 1.15. The summed E-state index contributed by atoms with van der Waals surface area (Å²) in [6, 6.07) is 10.1. The van der Waals surface area contributed by atoms with Gasteiger partial charge in [-0.3, -0.25) is 0 Å². The van der Waals surface area contributed by atoms with Crippen molar-refractivity contribution in [2.24, 2.45) is 0 Å². The highest BCUT2D eigenvalue weighted by Gasteiger charge is 2.10. The van der Waals surface area contributed by atoms with E-state index in [1.807, 2.05) is 18.2 Å². The lowest BCUT2D eigenvalue weighted by molar-refractivity contribution is 0.286. The molecule has 0 heterocycles. The van der Waals surface area contributed by atoms with E-state index in [0.29, 0.717) is 29.4 Å². The molecule has 0 aromatic heterocycles. The van der Waals surface area contributed by atoms with Crippen LogP contribution in [0.3, 0.4) is 0 Å². The standard InChI is InChI=1S/C16H16BrClFNO2/c17-12-4-5-16(11(8-12)9-20-6-7-21)22-10-13-14(18)2-1-3-15(13)19/h1-5,8,20-21H,6-7,9-10H2. The van der Waals surface area contributed by atoms with Gasteiger partial charge in [0.15, 0.2) is 0 Å². The van der Waals surface area contributed by atoms with E-state index >= 15 is 0 Å². The van der Waals surface area contributed by atoms with E-state index in [0.717, 1.165) is 10.0 Å². The highest BCUT2D eigenvalue weighted by atomic mass is 79.9. The lowest BCUT2D eigenvalue weighted by Gasteiger charge is -2.13. The highest BCUT2D eigenvalue weighted by Crippen LogP contribution is 2.26. The highest BCUT2D eigenvalue weighted by molar-refractivity contribution is 9.10. The van der Waals surface area contributed by atoms with E-state index in [-0.39, 0.29) is 19.0 Å². The van der Waals surface area contributed by atoms with Gasteiger partial charge in [-0.05, 0) is 30.3 Å². The molecule has 3 nitrogen and oxygen atoms in total. The average molecular weight is 389 g/mol. The Labute approximate surface area is 142 Å². The first kappa shape index (κ1) is 17.2. The van der Waals surface area contributed by atoms with E-state index in [1.165, 1.54) is 6.07 Å². The third-order valence-electron chi connectivity index (χ3n) is 3.06. The van der Waals surface area contributed by atoms with E-state index in [9.17, 15) is 4.39 Å². The normalized spacial score (nSPS) is 10.7. The Morgan fingerprint density at radius 3 is 2.82 bits per heavy atom. The fraction of sp³-hybridized carbons (Fsp3) is 0.250. The van der Waals surface area contributed by atoms with Crippen molar-refractivity contribution >= 4 is 27.5 Å². The van der Waals surface area contributed by atoms with Crippen molar-refractivity contribution in [2.75, 3.05) is 13.2 Å². The van der Waals surface area contributed by atoms with Crippen LogP contribution < -0.4 is 10.1 Å². The second kappa shape index (κ2) is 8.48. The van der Waals surface area contributed by atoms with Gasteiger partial charge in [-0.15, -0.1) is 0 Å². The monoisotopic (exact) mass is 387 g/mol. The predicted octanol–water partition coefficient (Wildman–Crippen LogP) is 3.90. The Morgan fingerprint density at radius 1 is 1.27 bits per heavy atom. The maximum Gasteiger partial charge on any atom is 0.131 e. The number of aliphatic hydroxyl groups excluding tert-OH is 1. The summed E-state index contributed by atoms with van der Waals surface area (Å²) in [5.74, 6) is 0.262. The molecule has 2 aromatic rings. The van der Waals surface area contributed by atoms with Crippen LogP contribution in [0.25, 0.3) is 0 Å². The lowest BCUT2D eigenvalue weighted by Crippen LogP contribution is -2.18. The molecular formula is C16H16BrClFNO2. The van der Waals surface area contributed by atoms with Gasteiger partial charge in [0, 0.05) is 28.7 Å². The quantitative estimate of drug-likeness (QED) is 0.707. The number of aliphatic hydroxyl groups is 1. The molecule has 0 saturated carbocycles. The maximum absolute atomic E-state index is 13.8. The van der Waals surface area contributed by atoms with Crippen molar-refractivity contribution in [3.8, 4) is 5.75 Å². The van der Waals surface area contributed by atoms with Gasteiger partial charge in [0.1, 0.15) is 18.2 Å². The smallest absolute Gasteiger partial charge is 0.131 e. The van der Waals surface area contributed by atoms with Crippen molar-refractivity contribution in [1.29, 1.82) is 0 Å². The van der Waals surface area contributed by atoms with Crippen molar-refractivity contribution in [3.63, 3.8) is 0 Å². The SMILES string of the molecule is OCCNCc1cc(Br)ccc1OCc1c(F)cccc1Cl. The summed E-state index contributed by atoms with van der Waals surface area (Å²) >= 11 is 9.41. The van der Waals surface area contributed by atoms with Gasteiger partial charge in [-0.2, -0.15) is 0 Å². The van der Waals surface area contributed by atoms with Crippen molar-refractivity contribution in [2.45, 2.75) is 13.2 Å². The van der Waals surface area contributed by atoms with Crippen LogP contribution in [0.15, 0.2) is 40.9 Å². The van der Waals surface area contributed by atoms with Crippen LogP contribution in [0.2, 0.25) is 5.02 Å². The third kappa shape index (κ3) is 4.68. The first-order chi connectivity index (χ1) is 10.6. The molecule has 0 spiro atoms. The van der Waals surface area contributed by atoms with E-state index in [1.54, 1.807) is 12.1 Å². The van der Waals surface area contributed by atoms with Gasteiger partial charge >= 0.3 is 0 Å². The molecule has 2 aromatic carbocycles. The molecule has 0 aliphatic carbocycles. The molecule has 0 aliphatic rings. The Balaban J connectivity index is 2.12. The zero-order valence-corrected chi connectivity index (χ0v) is 14.1. The summed E-state index contributed by atoms with van der Waals surface area (Å²) in [6.07, 6.45) is 0. The second-order valence-electron chi connectivity index (χ2n) is 4.64. The molecule has 0 bridgehead atoms. The number of hydrogen-bond acceptors (Lipinski definition) is 3. The molecule has 0 saturated heterocycles.